The molecule has 0 aromatic heterocycles. The molecule has 0 amide bonds. The van der Waals surface area contributed by atoms with Gasteiger partial charge in [-0.3, -0.25) is 4.79 Å². The number of hydrogen-bond donors (Lipinski definition) is 0. The van der Waals surface area contributed by atoms with E-state index < -0.39 is 9.04 Å². The zero-order chi connectivity index (χ0) is 17.6. The molecule has 1 aromatic carbocycles. The molecule has 0 spiro atoms. The van der Waals surface area contributed by atoms with Crippen molar-refractivity contribution < 1.29 is 14.0 Å². The van der Waals surface area contributed by atoms with E-state index in [4.69, 9.17) is 9.16 Å². The largest absolute Gasteiger partial charge is 0.469 e. The first-order chi connectivity index (χ1) is 10.6. The third-order valence-electron chi connectivity index (χ3n) is 3.99. The Morgan fingerprint density at radius 3 is 1.96 bits per heavy atom. The van der Waals surface area contributed by atoms with Gasteiger partial charge in [-0.25, -0.2) is 0 Å². The van der Waals surface area contributed by atoms with Crippen molar-refractivity contribution in [1.29, 1.82) is 0 Å². The fourth-order valence-electron chi connectivity index (χ4n) is 2.55. The van der Waals surface area contributed by atoms with E-state index in [0.717, 1.165) is 12.0 Å². The Morgan fingerprint density at radius 1 is 1.09 bits per heavy atom. The first-order valence-corrected chi connectivity index (χ1v) is 11.2. The van der Waals surface area contributed by atoms with Crippen molar-refractivity contribution in [3.63, 3.8) is 0 Å². The maximum absolute atomic E-state index is 11.5. The SMILES string of the molecule is COC(=O)C(C)Cc1ccc(CC(O[SiH](C)C)C(C)(C)C)cc1. The molecule has 0 aliphatic rings. The van der Waals surface area contributed by atoms with Crippen molar-refractivity contribution >= 4 is 15.0 Å². The summed E-state index contributed by atoms with van der Waals surface area (Å²) >= 11 is 0. The minimum absolute atomic E-state index is 0.108. The quantitative estimate of drug-likeness (QED) is 0.558. The molecule has 23 heavy (non-hydrogen) atoms. The van der Waals surface area contributed by atoms with Crippen molar-refractivity contribution in [2.24, 2.45) is 11.3 Å². The second-order valence-corrected chi connectivity index (χ2v) is 10.1. The molecule has 0 heterocycles. The van der Waals surface area contributed by atoms with Crippen LogP contribution in [-0.2, 0) is 26.8 Å². The van der Waals surface area contributed by atoms with E-state index in [-0.39, 0.29) is 23.4 Å². The summed E-state index contributed by atoms with van der Waals surface area (Å²) in [5.74, 6) is -0.263. The van der Waals surface area contributed by atoms with Crippen molar-refractivity contribution in [2.45, 2.75) is 59.7 Å². The van der Waals surface area contributed by atoms with Crippen LogP contribution in [0.1, 0.15) is 38.8 Å². The number of ether oxygens (including phenoxy) is 1. The highest BCUT2D eigenvalue weighted by atomic mass is 28.3. The topological polar surface area (TPSA) is 35.5 Å². The van der Waals surface area contributed by atoms with Gasteiger partial charge in [-0.1, -0.05) is 52.0 Å². The lowest BCUT2D eigenvalue weighted by Gasteiger charge is -2.32. The van der Waals surface area contributed by atoms with Gasteiger partial charge in [-0.15, -0.1) is 0 Å². The van der Waals surface area contributed by atoms with Gasteiger partial charge in [0.2, 0.25) is 0 Å². The Balaban J connectivity index is 2.73. The van der Waals surface area contributed by atoms with E-state index in [1.165, 1.54) is 12.7 Å². The number of methoxy groups -OCH3 is 1. The lowest BCUT2D eigenvalue weighted by molar-refractivity contribution is -0.144. The standard InChI is InChI=1S/C19H32O3Si/c1-14(18(20)21-5)12-15-8-10-16(11-9-15)13-17(19(2,3)4)22-23(6)7/h8-11,14,17,23H,12-13H2,1-7H3. The van der Waals surface area contributed by atoms with E-state index >= 15 is 0 Å². The maximum atomic E-state index is 11.5. The predicted molar refractivity (Wildman–Crippen MR) is 98.2 cm³/mol. The average molecular weight is 337 g/mol. The molecule has 1 rings (SSSR count). The number of rotatable bonds is 7. The number of hydrogen-bond acceptors (Lipinski definition) is 3. The Morgan fingerprint density at radius 2 is 1.57 bits per heavy atom. The normalized spacial score (nSPS) is 14.6. The molecule has 0 radical (unpaired) electrons. The van der Waals surface area contributed by atoms with E-state index in [2.05, 4.69) is 58.1 Å². The number of carbonyl (C=O) groups is 1. The highest BCUT2D eigenvalue weighted by Gasteiger charge is 2.26. The third-order valence-corrected chi connectivity index (χ3v) is 4.86. The Labute approximate surface area is 143 Å². The van der Waals surface area contributed by atoms with Gasteiger partial charge < -0.3 is 9.16 Å². The highest BCUT2D eigenvalue weighted by molar-refractivity contribution is 6.48. The first-order valence-electron chi connectivity index (χ1n) is 8.44. The number of carbonyl (C=O) groups excluding carboxylic acids is 1. The van der Waals surface area contributed by atoms with E-state index in [0.29, 0.717) is 6.42 Å². The molecule has 4 heteroatoms. The van der Waals surface area contributed by atoms with Gasteiger partial charge in [0.15, 0.2) is 9.04 Å². The molecular weight excluding hydrogens is 304 g/mol. The molecule has 3 nitrogen and oxygen atoms in total. The Hall–Kier alpha value is -1.13. The van der Waals surface area contributed by atoms with Crippen molar-refractivity contribution in [3.8, 4) is 0 Å². The summed E-state index contributed by atoms with van der Waals surface area (Å²) in [5.41, 5.74) is 2.59. The molecule has 0 aliphatic heterocycles. The van der Waals surface area contributed by atoms with Gasteiger partial charge in [0, 0.05) is 0 Å². The van der Waals surface area contributed by atoms with Gasteiger partial charge >= 0.3 is 5.97 Å². The first kappa shape index (κ1) is 19.9. The van der Waals surface area contributed by atoms with E-state index in [9.17, 15) is 4.79 Å². The Bertz CT molecular complexity index is 488. The predicted octanol–water partition coefficient (Wildman–Crippen LogP) is 4.00. The molecule has 0 aliphatic carbocycles. The minimum atomic E-state index is -1.07. The lowest BCUT2D eigenvalue weighted by atomic mass is 9.85. The van der Waals surface area contributed by atoms with Gasteiger partial charge in [-0.05, 0) is 42.5 Å². The molecule has 0 bridgehead atoms. The highest BCUT2D eigenvalue weighted by Crippen LogP contribution is 2.26. The zero-order valence-electron chi connectivity index (χ0n) is 15.7. The van der Waals surface area contributed by atoms with Crippen LogP contribution in [0.15, 0.2) is 24.3 Å². The molecule has 130 valence electrons. The van der Waals surface area contributed by atoms with Crippen molar-refractivity contribution in [3.05, 3.63) is 35.4 Å². The second kappa shape index (κ2) is 8.64. The van der Waals surface area contributed by atoms with Crippen LogP contribution in [0.5, 0.6) is 0 Å². The van der Waals surface area contributed by atoms with Gasteiger partial charge in [0.25, 0.3) is 0 Å². The molecule has 2 atom stereocenters. The number of benzene rings is 1. The van der Waals surface area contributed by atoms with Crippen LogP contribution in [0.2, 0.25) is 13.1 Å². The van der Waals surface area contributed by atoms with Gasteiger partial charge in [-0.2, -0.15) is 0 Å². The monoisotopic (exact) mass is 336 g/mol. The molecule has 1 aromatic rings. The molecule has 0 saturated heterocycles. The summed E-state index contributed by atoms with van der Waals surface area (Å²) < 4.78 is 11.0. The molecular formula is C19H32O3Si. The maximum Gasteiger partial charge on any atom is 0.308 e. The molecule has 0 fully saturated rings. The zero-order valence-corrected chi connectivity index (χ0v) is 16.8. The van der Waals surface area contributed by atoms with E-state index in [1.807, 2.05) is 6.92 Å². The minimum Gasteiger partial charge on any atom is -0.469 e. The second-order valence-electron chi connectivity index (χ2n) is 7.69. The smallest absolute Gasteiger partial charge is 0.308 e. The van der Waals surface area contributed by atoms with Crippen LogP contribution in [0.3, 0.4) is 0 Å². The van der Waals surface area contributed by atoms with Gasteiger partial charge in [0.05, 0.1) is 19.1 Å². The van der Waals surface area contributed by atoms with Gasteiger partial charge in [0.1, 0.15) is 0 Å². The van der Waals surface area contributed by atoms with Crippen LogP contribution >= 0.6 is 0 Å². The summed E-state index contributed by atoms with van der Waals surface area (Å²) in [6.45, 7) is 13.0. The molecule has 0 N–H and O–H groups in total. The fourth-order valence-corrected chi connectivity index (χ4v) is 3.71. The molecule has 2 unspecified atom stereocenters. The molecule has 0 saturated carbocycles. The average Bonchev–Trinajstić information content (AvgIpc) is 2.46. The third kappa shape index (κ3) is 6.88. The van der Waals surface area contributed by atoms with Crippen molar-refractivity contribution in [2.75, 3.05) is 7.11 Å². The summed E-state index contributed by atoms with van der Waals surface area (Å²) in [6.07, 6.45) is 1.89. The van der Waals surface area contributed by atoms with E-state index in [1.54, 1.807) is 0 Å². The van der Waals surface area contributed by atoms with Crippen LogP contribution in [-0.4, -0.2) is 28.2 Å². The summed E-state index contributed by atoms with van der Waals surface area (Å²) in [5, 5.41) is 0. The Kier molecular flexibility index (Phi) is 7.48. The fraction of sp³-hybridized carbons (Fsp3) is 0.632. The summed E-state index contributed by atoms with van der Waals surface area (Å²) in [6, 6.07) is 8.54. The summed E-state index contributed by atoms with van der Waals surface area (Å²) in [7, 11) is 0.372. The number of esters is 1. The lowest BCUT2D eigenvalue weighted by Crippen LogP contribution is -2.35. The van der Waals surface area contributed by atoms with Crippen LogP contribution in [0, 0.1) is 11.3 Å². The summed E-state index contributed by atoms with van der Waals surface area (Å²) in [4.78, 5) is 11.5. The van der Waals surface area contributed by atoms with Crippen molar-refractivity contribution in [1.82, 2.24) is 0 Å². The van der Waals surface area contributed by atoms with Crippen LogP contribution < -0.4 is 0 Å². The van der Waals surface area contributed by atoms with Crippen LogP contribution in [0.25, 0.3) is 0 Å². The van der Waals surface area contributed by atoms with Crippen LogP contribution in [0.4, 0.5) is 0 Å².